The summed E-state index contributed by atoms with van der Waals surface area (Å²) in [6, 6.07) is 12.2. The number of aromatic amines is 1. The average Bonchev–Trinajstić information content (AvgIpc) is 3.06. The molecule has 1 amide bonds. The number of esters is 1. The van der Waals surface area contributed by atoms with E-state index in [4.69, 9.17) is 4.74 Å². The van der Waals surface area contributed by atoms with Crippen LogP contribution in [0.5, 0.6) is 0 Å². The molecule has 0 aliphatic heterocycles. The van der Waals surface area contributed by atoms with Gasteiger partial charge >= 0.3 is 5.97 Å². The molecule has 0 bridgehead atoms. The molecule has 150 valence electrons. The van der Waals surface area contributed by atoms with E-state index < -0.39 is 23.8 Å². The number of H-pyrrole nitrogens is 1. The Bertz CT molecular complexity index is 991. The monoisotopic (exact) mass is 395 g/mol. The number of carbonyl (C=O) groups is 2. The lowest BCUT2D eigenvalue weighted by molar-refractivity contribution is -0.124. The molecule has 0 spiro atoms. The van der Waals surface area contributed by atoms with Crippen LogP contribution in [0.1, 0.15) is 35.1 Å². The number of nitrogens with one attached hydrogen (secondary N) is 2. The summed E-state index contributed by atoms with van der Waals surface area (Å²) in [6.45, 7) is 5.61. The molecule has 29 heavy (non-hydrogen) atoms. The molecular weight excluding hydrogens is 373 g/mol. The van der Waals surface area contributed by atoms with Crippen molar-refractivity contribution in [2.75, 3.05) is 5.32 Å². The van der Waals surface area contributed by atoms with Crippen LogP contribution in [-0.4, -0.2) is 27.9 Å². The van der Waals surface area contributed by atoms with Crippen molar-refractivity contribution in [3.63, 3.8) is 0 Å². The van der Waals surface area contributed by atoms with Crippen LogP contribution in [0.25, 0.3) is 11.4 Å². The molecule has 0 radical (unpaired) electrons. The van der Waals surface area contributed by atoms with Crippen molar-refractivity contribution in [1.82, 2.24) is 9.97 Å². The number of carbonyl (C=O) groups excluding carboxylic acids is 2. The molecule has 6 nitrogen and oxygen atoms in total. The summed E-state index contributed by atoms with van der Waals surface area (Å²) in [5, 5.41) is 2.62. The first-order chi connectivity index (χ1) is 13.9. The minimum atomic E-state index is -0.956. The molecule has 0 aliphatic rings. The van der Waals surface area contributed by atoms with Crippen molar-refractivity contribution in [3.8, 4) is 11.4 Å². The number of anilines is 1. The maximum Gasteiger partial charge on any atom is 0.338 e. The zero-order valence-corrected chi connectivity index (χ0v) is 16.5. The summed E-state index contributed by atoms with van der Waals surface area (Å²) in [4.78, 5) is 32.4. The van der Waals surface area contributed by atoms with Gasteiger partial charge in [0, 0.05) is 16.9 Å². The van der Waals surface area contributed by atoms with Gasteiger partial charge in [0.25, 0.3) is 5.91 Å². The molecule has 1 atom stereocenters. The Labute approximate surface area is 168 Å². The average molecular weight is 395 g/mol. The largest absolute Gasteiger partial charge is 0.449 e. The topological polar surface area (TPSA) is 84.1 Å². The second-order valence-electron chi connectivity index (χ2n) is 6.67. The normalized spacial score (nSPS) is 11.7. The van der Waals surface area contributed by atoms with Gasteiger partial charge in [-0.3, -0.25) is 4.79 Å². The Hall–Kier alpha value is -3.48. The summed E-state index contributed by atoms with van der Waals surface area (Å²) in [5.41, 5.74) is 3.52. The van der Waals surface area contributed by atoms with Crippen molar-refractivity contribution < 1.29 is 18.7 Å². The molecule has 0 saturated heterocycles. The summed E-state index contributed by atoms with van der Waals surface area (Å²) in [5.74, 6) is -0.732. The molecule has 0 fully saturated rings. The molecular formula is C22H22FN3O3. The van der Waals surface area contributed by atoms with Gasteiger partial charge in [-0.15, -0.1) is 0 Å². The fourth-order valence-electron chi connectivity index (χ4n) is 2.72. The van der Waals surface area contributed by atoms with E-state index >= 15 is 0 Å². The van der Waals surface area contributed by atoms with Gasteiger partial charge in [0.2, 0.25) is 0 Å². The number of benzene rings is 2. The molecule has 2 N–H and O–H groups in total. The minimum Gasteiger partial charge on any atom is -0.449 e. The van der Waals surface area contributed by atoms with Crippen LogP contribution in [0, 0.1) is 19.7 Å². The van der Waals surface area contributed by atoms with Crippen LogP contribution in [0.3, 0.4) is 0 Å². The van der Waals surface area contributed by atoms with Gasteiger partial charge < -0.3 is 15.0 Å². The quantitative estimate of drug-likeness (QED) is 0.606. The highest BCUT2D eigenvalue weighted by molar-refractivity contribution is 5.97. The highest BCUT2D eigenvalue weighted by Crippen LogP contribution is 2.19. The van der Waals surface area contributed by atoms with Crippen LogP contribution < -0.4 is 5.32 Å². The van der Waals surface area contributed by atoms with Crippen LogP contribution in [-0.2, 0) is 9.53 Å². The lowest BCUT2D eigenvalue weighted by atomic mass is 10.1. The summed E-state index contributed by atoms with van der Waals surface area (Å²) in [6.07, 6.45) is -0.649. The summed E-state index contributed by atoms with van der Waals surface area (Å²) >= 11 is 0. The lowest BCUT2D eigenvalue weighted by Crippen LogP contribution is -2.32. The molecule has 3 aromatic rings. The highest BCUT2D eigenvalue weighted by Gasteiger charge is 2.22. The number of aryl methyl sites for hydroxylation is 2. The summed E-state index contributed by atoms with van der Waals surface area (Å²) in [7, 11) is 0. The van der Waals surface area contributed by atoms with Gasteiger partial charge in [-0.25, -0.2) is 14.2 Å². The number of nitrogens with zero attached hydrogens (tertiary/aromatic N) is 1. The number of ether oxygens (including phenoxy) is 1. The van der Waals surface area contributed by atoms with Gasteiger partial charge in [-0.2, -0.15) is 0 Å². The smallest absolute Gasteiger partial charge is 0.338 e. The molecule has 1 unspecified atom stereocenters. The Morgan fingerprint density at radius 1 is 1.10 bits per heavy atom. The predicted molar refractivity (Wildman–Crippen MR) is 108 cm³/mol. The van der Waals surface area contributed by atoms with E-state index in [1.165, 1.54) is 24.3 Å². The number of imidazole rings is 1. The third-order valence-corrected chi connectivity index (χ3v) is 4.55. The van der Waals surface area contributed by atoms with Crippen molar-refractivity contribution in [2.45, 2.75) is 33.3 Å². The number of hydrogen-bond donors (Lipinski definition) is 2. The molecule has 3 rings (SSSR count). The van der Waals surface area contributed by atoms with Crippen LogP contribution in [0.4, 0.5) is 10.1 Å². The summed E-state index contributed by atoms with van der Waals surface area (Å²) < 4.78 is 18.3. The first kappa shape index (κ1) is 20.3. The van der Waals surface area contributed by atoms with Crippen molar-refractivity contribution in [1.29, 1.82) is 0 Å². The van der Waals surface area contributed by atoms with E-state index in [1.807, 2.05) is 13.8 Å². The predicted octanol–water partition coefficient (Wildman–Crippen LogP) is 4.41. The van der Waals surface area contributed by atoms with Crippen molar-refractivity contribution >= 4 is 17.6 Å². The van der Waals surface area contributed by atoms with Gasteiger partial charge in [0.1, 0.15) is 11.6 Å². The Morgan fingerprint density at radius 3 is 2.31 bits per heavy atom. The Morgan fingerprint density at radius 2 is 1.76 bits per heavy atom. The third kappa shape index (κ3) is 4.87. The number of halogens is 1. The van der Waals surface area contributed by atoms with E-state index in [9.17, 15) is 14.0 Å². The highest BCUT2D eigenvalue weighted by atomic mass is 19.1. The zero-order chi connectivity index (χ0) is 21.0. The number of aromatic nitrogens is 2. The number of hydrogen-bond acceptors (Lipinski definition) is 4. The fraction of sp³-hybridized carbons (Fsp3) is 0.227. The Balaban J connectivity index is 1.65. The number of rotatable bonds is 6. The van der Waals surface area contributed by atoms with E-state index in [0.29, 0.717) is 17.7 Å². The second kappa shape index (κ2) is 8.68. The van der Waals surface area contributed by atoms with Crippen LogP contribution in [0.15, 0.2) is 48.5 Å². The first-order valence-corrected chi connectivity index (χ1v) is 9.28. The van der Waals surface area contributed by atoms with E-state index in [2.05, 4.69) is 15.3 Å². The lowest BCUT2D eigenvalue weighted by Gasteiger charge is -2.16. The fourth-order valence-corrected chi connectivity index (χ4v) is 2.72. The van der Waals surface area contributed by atoms with Crippen molar-refractivity contribution in [2.24, 2.45) is 0 Å². The molecule has 2 aromatic carbocycles. The maximum absolute atomic E-state index is 13.0. The van der Waals surface area contributed by atoms with Gasteiger partial charge in [0.15, 0.2) is 6.10 Å². The van der Waals surface area contributed by atoms with Crippen LogP contribution >= 0.6 is 0 Å². The Kier molecular flexibility index (Phi) is 6.07. The minimum absolute atomic E-state index is 0.307. The van der Waals surface area contributed by atoms with E-state index in [1.54, 1.807) is 31.2 Å². The van der Waals surface area contributed by atoms with Crippen molar-refractivity contribution in [3.05, 3.63) is 71.3 Å². The van der Waals surface area contributed by atoms with Gasteiger partial charge in [-0.05, 0) is 56.7 Å². The maximum atomic E-state index is 13.0. The SMILES string of the molecule is CCC(OC(=O)c1ccc(-c2nc(C)c(C)[nH]2)cc1)C(=O)Nc1ccc(F)cc1. The second-order valence-corrected chi connectivity index (χ2v) is 6.67. The van der Waals surface area contributed by atoms with Crippen LogP contribution in [0.2, 0.25) is 0 Å². The van der Waals surface area contributed by atoms with Gasteiger partial charge in [-0.1, -0.05) is 19.1 Å². The van der Waals surface area contributed by atoms with E-state index in [-0.39, 0.29) is 0 Å². The standard InChI is InChI=1S/C22H22FN3O3/c1-4-19(21(27)26-18-11-9-17(23)10-12-18)29-22(28)16-7-5-15(6-8-16)20-24-13(2)14(3)25-20/h5-12,19H,4H2,1-3H3,(H,24,25)(H,26,27). The molecule has 7 heteroatoms. The molecule has 0 saturated carbocycles. The first-order valence-electron chi connectivity index (χ1n) is 9.28. The van der Waals surface area contributed by atoms with E-state index in [0.717, 1.165) is 22.8 Å². The third-order valence-electron chi connectivity index (χ3n) is 4.55. The zero-order valence-electron chi connectivity index (χ0n) is 16.5. The molecule has 0 aliphatic carbocycles. The molecule has 1 heterocycles. The molecule has 1 aromatic heterocycles. The number of amides is 1. The van der Waals surface area contributed by atoms with Gasteiger partial charge in [0.05, 0.1) is 11.3 Å².